The maximum Gasteiger partial charge on any atom is 0.350 e. The van der Waals surface area contributed by atoms with Crippen LogP contribution in [0.15, 0.2) is 17.8 Å². The van der Waals surface area contributed by atoms with Crippen LogP contribution >= 0.6 is 11.3 Å². The number of esters is 1. The summed E-state index contributed by atoms with van der Waals surface area (Å²) in [6.07, 6.45) is 1.28. The van der Waals surface area contributed by atoms with Gasteiger partial charge in [0, 0.05) is 0 Å². The molecule has 0 aliphatic carbocycles. The second-order valence-corrected chi connectivity index (χ2v) is 4.51. The van der Waals surface area contributed by atoms with Crippen LogP contribution in [0.4, 0.5) is 5.69 Å². The van der Waals surface area contributed by atoms with Crippen molar-refractivity contribution in [3.63, 3.8) is 0 Å². The van der Waals surface area contributed by atoms with Crippen LogP contribution < -0.4 is 5.32 Å². The Labute approximate surface area is 117 Å². The van der Waals surface area contributed by atoms with E-state index in [9.17, 15) is 9.59 Å². The van der Waals surface area contributed by atoms with Crippen LogP contribution in [0.5, 0.6) is 0 Å². The SMILES string of the molecule is COC(=O)c1sccc1NC(=O)Cn1cnnc1C#N. The number of thiophene rings is 1. The fourth-order valence-corrected chi connectivity index (χ4v) is 2.23. The van der Waals surface area contributed by atoms with Crippen LogP contribution in [0.1, 0.15) is 15.5 Å². The monoisotopic (exact) mass is 291 g/mol. The molecular weight excluding hydrogens is 282 g/mol. The van der Waals surface area contributed by atoms with E-state index in [0.717, 1.165) is 0 Å². The van der Waals surface area contributed by atoms with Crippen molar-refractivity contribution in [2.45, 2.75) is 6.54 Å². The molecule has 0 saturated heterocycles. The number of rotatable bonds is 4. The molecule has 8 nitrogen and oxygen atoms in total. The van der Waals surface area contributed by atoms with Gasteiger partial charge in [0.1, 0.15) is 23.8 Å². The summed E-state index contributed by atoms with van der Waals surface area (Å²) < 4.78 is 5.92. The van der Waals surface area contributed by atoms with Crippen molar-refractivity contribution in [2.24, 2.45) is 0 Å². The molecule has 2 aromatic rings. The highest BCUT2D eigenvalue weighted by Gasteiger charge is 2.16. The number of carbonyl (C=O) groups is 2. The Hall–Kier alpha value is -2.73. The molecule has 1 N–H and O–H groups in total. The molecular formula is C11H9N5O3S. The van der Waals surface area contributed by atoms with E-state index in [1.165, 1.54) is 29.3 Å². The van der Waals surface area contributed by atoms with Gasteiger partial charge >= 0.3 is 5.97 Å². The van der Waals surface area contributed by atoms with Crippen molar-refractivity contribution in [3.05, 3.63) is 28.5 Å². The lowest BCUT2D eigenvalue weighted by Crippen LogP contribution is -2.20. The lowest BCUT2D eigenvalue weighted by molar-refractivity contribution is -0.116. The number of amides is 1. The van der Waals surface area contributed by atoms with Gasteiger partial charge < -0.3 is 10.1 Å². The smallest absolute Gasteiger partial charge is 0.350 e. The van der Waals surface area contributed by atoms with Crippen molar-refractivity contribution in [3.8, 4) is 6.07 Å². The van der Waals surface area contributed by atoms with Gasteiger partial charge in [0.05, 0.1) is 12.8 Å². The van der Waals surface area contributed by atoms with Crippen LogP contribution in [0.25, 0.3) is 0 Å². The molecule has 2 heterocycles. The van der Waals surface area contributed by atoms with Gasteiger partial charge in [-0.25, -0.2) is 4.79 Å². The van der Waals surface area contributed by atoms with Crippen molar-refractivity contribution in [1.29, 1.82) is 5.26 Å². The van der Waals surface area contributed by atoms with Crippen LogP contribution in [0, 0.1) is 11.3 Å². The molecule has 0 radical (unpaired) electrons. The van der Waals surface area contributed by atoms with Crippen molar-refractivity contribution in [1.82, 2.24) is 14.8 Å². The number of ether oxygens (including phenoxy) is 1. The lowest BCUT2D eigenvalue weighted by atomic mass is 10.3. The van der Waals surface area contributed by atoms with E-state index < -0.39 is 11.9 Å². The molecule has 0 fully saturated rings. The zero-order valence-corrected chi connectivity index (χ0v) is 11.2. The molecule has 0 aromatic carbocycles. The van der Waals surface area contributed by atoms with Gasteiger partial charge in [-0.1, -0.05) is 0 Å². The zero-order valence-electron chi connectivity index (χ0n) is 10.4. The molecule has 1 amide bonds. The van der Waals surface area contributed by atoms with E-state index >= 15 is 0 Å². The average Bonchev–Trinajstić information content (AvgIpc) is 3.06. The summed E-state index contributed by atoms with van der Waals surface area (Å²) >= 11 is 1.17. The van der Waals surface area contributed by atoms with Gasteiger partial charge in [0.2, 0.25) is 11.7 Å². The summed E-state index contributed by atoms with van der Waals surface area (Å²) in [7, 11) is 1.27. The van der Waals surface area contributed by atoms with E-state index in [4.69, 9.17) is 5.26 Å². The maximum atomic E-state index is 11.9. The normalized spacial score (nSPS) is 9.80. The fourth-order valence-electron chi connectivity index (χ4n) is 1.46. The molecule has 0 aliphatic heterocycles. The Balaban J connectivity index is 2.08. The minimum atomic E-state index is -0.516. The summed E-state index contributed by atoms with van der Waals surface area (Å²) in [5, 5.41) is 20.1. The van der Waals surface area contributed by atoms with Crippen LogP contribution in [0.2, 0.25) is 0 Å². The molecule has 0 unspecified atom stereocenters. The zero-order chi connectivity index (χ0) is 14.5. The van der Waals surface area contributed by atoms with Gasteiger partial charge in [-0.15, -0.1) is 21.5 Å². The summed E-state index contributed by atoms with van der Waals surface area (Å²) in [6, 6.07) is 3.42. The van der Waals surface area contributed by atoms with E-state index in [1.54, 1.807) is 11.4 Å². The van der Waals surface area contributed by atoms with Crippen molar-refractivity contribution < 1.29 is 14.3 Å². The molecule has 2 rings (SSSR count). The first-order chi connectivity index (χ1) is 9.65. The standard InChI is InChI=1S/C11H9N5O3S/c1-19-11(18)10-7(2-3-20-10)14-9(17)5-16-6-13-15-8(16)4-12/h2-3,6H,5H2,1H3,(H,14,17). The minimum absolute atomic E-state index is 0.0404. The fraction of sp³-hybridized carbons (Fsp3) is 0.182. The molecule has 0 aliphatic rings. The first kappa shape index (κ1) is 13.7. The predicted octanol–water partition coefficient (Wildman–Crippen LogP) is 0.637. The third kappa shape index (κ3) is 2.81. The van der Waals surface area contributed by atoms with Crippen LogP contribution in [-0.2, 0) is 16.1 Å². The number of hydrogen-bond donors (Lipinski definition) is 1. The molecule has 0 bridgehead atoms. The van der Waals surface area contributed by atoms with Crippen LogP contribution in [-0.4, -0.2) is 33.8 Å². The summed E-state index contributed by atoms with van der Waals surface area (Å²) in [5.74, 6) is -0.874. The summed E-state index contributed by atoms with van der Waals surface area (Å²) in [4.78, 5) is 23.6. The number of carbonyl (C=O) groups excluding carboxylic acids is 2. The van der Waals surface area contributed by atoms with Crippen molar-refractivity contribution in [2.75, 3.05) is 12.4 Å². The second-order valence-electron chi connectivity index (χ2n) is 3.60. The highest BCUT2D eigenvalue weighted by atomic mass is 32.1. The number of anilines is 1. The Morgan fingerprint density at radius 2 is 2.40 bits per heavy atom. The summed E-state index contributed by atoms with van der Waals surface area (Å²) in [5.41, 5.74) is 0.374. The van der Waals surface area contributed by atoms with Gasteiger partial charge in [0.15, 0.2) is 0 Å². The Bertz CT molecular complexity index is 684. The quantitative estimate of drug-likeness (QED) is 0.827. The number of methoxy groups -OCH3 is 1. The summed E-state index contributed by atoms with van der Waals surface area (Å²) in [6.45, 7) is -0.119. The molecule has 0 atom stereocenters. The van der Waals surface area contributed by atoms with E-state index in [-0.39, 0.29) is 12.4 Å². The number of nitrogens with zero attached hydrogens (tertiary/aromatic N) is 4. The van der Waals surface area contributed by atoms with Crippen molar-refractivity contribution >= 4 is 28.9 Å². The number of hydrogen-bond acceptors (Lipinski definition) is 7. The molecule has 9 heteroatoms. The van der Waals surface area contributed by atoms with Gasteiger partial charge in [-0.2, -0.15) is 5.26 Å². The number of nitriles is 1. The first-order valence-corrected chi connectivity index (χ1v) is 6.27. The third-order valence-corrected chi connectivity index (χ3v) is 3.23. The van der Waals surface area contributed by atoms with Crippen LogP contribution in [0.3, 0.4) is 0 Å². The number of nitrogens with one attached hydrogen (secondary N) is 1. The van der Waals surface area contributed by atoms with Gasteiger partial charge in [0.25, 0.3) is 0 Å². The molecule has 0 spiro atoms. The lowest BCUT2D eigenvalue weighted by Gasteiger charge is -2.06. The Kier molecular flexibility index (Phi) is 4.07. The molecule has 2 aromatic heterocycles. The largest absolute Gasteiger partial charge is 0.465 e. The Morgan fingerprint density at radius 1 is 1.60 bits per heavy atom. The Morgan fingerprint density at radius 3 is 3.10 bits per heavy atom. The molecule has 20 heavy (non-hydrogen) atoms. The van der Waals surface area contributed by atoms with Gasteiger partial charge in [-0.3, -0.25) is 9.36 Å². The predicted molar refractivity (Wildman–Crippen MR) is 69.0 cm³/mol. The van der Waals surface area contributed by atoms with E-state index in [1.807, 2.05) is 6.07 Å². The molecule has 102 valence electrons. The first-order valence-electron chi connectivity index (χ1n) is 5.39. The highest BCUT2D eigenvalue weighted by molar-refractivity contribution is 7.12. The van der Waals surface area contributed by atoms with E-state index in [0.29, 0.717) is 10.6 Å². The minimum Gasteiger partial charge on any atom is -0.465 e. The maximum absolute atomic E-state index is 11.9. The van der Waals surface area contributed by atoms with Gasteiger partial charge in [-0.05, 0) is 11.4 Å². The highest BCUT2D eigenvalue weighted by Crippen LogP contribution is 2.23. The van der Waals surface area contributed by atoms with E-state index in [2.05, 4.69) is 20.3 Å². The number of aromatic nitrogens is 3. The average molecular weight is 291 g/mol. The second kappa shape index (κ2) is 5.94. The third-order valence-electron chi connectivity index (χ3n) is 2.34. The topological polar surface area (TPSA) is 110 Å². The molecule has 0 saturated carbocycles.